The van der Waals surface area contributed by atoms with Crippen molar-refractivity contribution in [2.45, 2.75) is 38.3 Å². The van der Waals surface area contributed by atoms with Crippen molar-refractivity contribution in [3.8, 4) is 6.07 Å². The summed E-state index contributed by atoms with van der Waals surface area (Å²) in [6.45, 7) is 5.16. The Balaban J connectivity index is 1.39. The number of carbonyl (C=O) groups excluding carboxylic acids is 1. The van der Waals surface area contributed by atoms with E-state index in [9.17, 15) is 4.79 Å². The number of benzene rings is 1. The zero-order chi connectivity index (χ0) is 16.8. The topological polar surface area (TPSA) is 56.6 Å². The monoisotopic (exact) mass is 327 g/mol. The van der Waals surface area contributed by atoms with E-state index in [4.69, 9.17) is 10.00 Å². The third-order valence-electron chi connectivity index (χ3n) is 4.92. The van der Waals surface area contributed by atoms with Gasteiger partial charge in [-0.05, 0) is 37.0 Å². The molecule has 1 unspecified atom stereocenters. The van der Waals surface area contributed by atoms with Crippen LogP contribution in [0.25, 0.3) is 0 Å². The molecule has 2 saturated heterocycles. The molecular weight excluding hydrogens is 302 g/mol. The van der Waals surface area contributed by atoms with E-state index in [1.165, 1.54) is 5.56 Å². The van der Waals surface area contributed by atoms with Gasteiger partial charge in [-0.25, -0.2) is 0 Å². The zero-order valence-electron chi connectivity index (χ0n) is 14.1. The van der Waals surface area contributed by atoms with Gasteiger partial charge in [-0.2, -0.15) is 5.26 Å². The molecule has 0 bridgehead atoms. The first kappa shape index (κ1) is 16.9. The molecule has 0 N–H and O–H groups in total. The summed E-state index contributed by atoms with van der Waals surface area (Å²) in [7, 11) is 0. The SMILES string of the molecule is N#Cc1ccc(CN2CCN(C(=O)CCC3CCCO3)CC2)cc1. The van der Waals surface area contributed by atoms with Gasteiger partial charge in [0, 0.05) is 45.8 Å². The summed E-state index contributed by atoms with van der Waals surface area (Å²) < 4.78 is 5.59. The van der Waals surface area contributed by atoms with Gasteiger partial charge in [0.2, 0.25) is 5.91 Å². The molecule has 5 heteroatoms. The van der Waals surface area contributed by atoms with E-state index in [1.54, 1.807) is 0 Å². The Morgan fingerprint density at radius 3 is 2.58 bits per heavy atom. The van der Waals surface area contributed by atoms with Gasteiger partial charge in [-0.3, -0.25) is 9.69 Å². The minimum Gasteiger partial charge on any atom is -0.378 e. The Labute approximate surface area is 143 Å². The number of ether oxygens (including phenoxy) is 1. The number of nitrogens with zero attached hydrogens (tertiary/aromatic N) is 3. The lowest BCUT2D eigenvalue weighted by Gasteiger charge is -2.35. The summed E-state index contributed by atoms with van der Waals surface area (Å²) in [4.78, 5) is 16.7. The third kappa shape index (κ3) is 4.56. The molecule has 0 aromatic heterocycles. The van der Waals surface area contributed by atoms with Crippen molar-refractivity contribution in [3.05, 3.63) is 35.4 Å². The van der Waals surface area contributed by atoms with E-state index in [0.29, 0.717) is 18.1 Å². The number of hydrogen-bond acceptors (Lipinski definition) is 4. The average Bonchev–Trinajstić information content (AvgIpc) is 3.14. The first-order valence-corrected chi connectivity index (χ1v) is 8.85. The highest BCUT2D eigenvalue weighted by Gasteiger charge is 2.23. The average molecular weight is 327 g/mol. The molecule has 1 aromatic carbocycles. The maximum Gasteiger partial charge on any atom is 0.222 e. The molecule has 0 radical (unpaired) electrons. The molecule has 5 nitrogen and oxygen atoms in total. The number of piperazine rings is 1. The minimum atomic E-state index is 0.267. The Morgan fingerprint density at radius 1 is 1.21 bits per heavy atom. The Hall–Kier alpha value is -1.90. The summed E-state index contributed by atoms with van der Waals surface area (Å²) in [6.07, 6.45) is 4.01. The minimum absolute atomic E-state index is 0.267. The van der Waals surface area contributed by atoms with Crippen molar-refractivity contribution in [1.29, 1.82) is 5.26 Å². The highest BCUT2D eigenvalue weighted by molar-refractivity contribution is 5.76. The van der Waals surface area contributed by atoms with Crippen molar-refractivity contribution < 1.29 is 9.53 Å². The first-order chi connectivity index (χ1) is 11.7. The molecule has 2 fully saturated rings. The van der Waals surface area contributed by atoms with E-state index in [-0.39, 0.29) is 5.91 Å². The molecule has 128 valence electrons. The molecule has 0 aliphatic carbocycles. The van der Waals surface area contributed by atoms with Gasteiger partial charge in [-0.1, -0.05) is 12.1 Å². The number of nitriles is 1. The zero-order valence-corrected chi connectivity index (χ0v) is 14.1. The van der Waals surface area contributed by atoms with Crippen LogP contribution in [-0.4, -0.2) is 54.6 Å². The van der Waals surface area contributed by atoms with Crippen LogP contribution < -0.4 is 0 Å². The summed E-state index contributed by atoms with van der Waals surface area (Å²) in [5, 5.41) is 8.84. The van der Waals surface area contributed by atoms with E-state index in [2.05, 4.69) is 11.0 Å². The molecule has 1 amide bonds. The molecule has 1 atom stereocenters. The molecule has 2 aliphatic rings. The highest BCUT2D eigenvalue weighted by atomic mass is 16.5. The van der Waals surface area contributed by atoms with Gasteiger partial charge >= 0.3 is 0 Å². The van der Waals surface area contributed by atoms with Crippen molar-refractivity contribution in [3.63, 3.8) is 0 Å². The summed E-state index contributed by atoms with van der Waals surface area (Å²) in [5.74, 6) is 0.267. The Bertz CT molecular complexity index is 580. The number of rotatable bonds is 5. The summed E-state index contributed by atoms with van der Waals surface area (Å²) in [6, 6.07) is 9.89. The van der Waals surface area contributed by atoms with Gasteiger partial charge in [0.1, 0.15) is 0 Å². The van der Waals surface area contributed by atoms with Crippen LogP contribution in [0, 0.1) is 11.3 Å². The van der Waals surface area contributed by atoms with E-state index < -0.39 is 0 Å². The van der Waals surface area contributed by atoms with Crippen LogP contribution in [0.15, 0.2) is 24.3 Å². The maximum absolute atomic E-state index is 12.3. The number of hydrogen-bond donors (Lipinski definition) is 0. The van der Waals surface area contributed by atoms with Crippen LogP contribution in [0.1, 0.15) is 36.8 Å². The van der Waals surface area contributed by atoms with Crippen LogP contribution >= 0.6 is 0 Å². The van der Waals surface area contributed by atoms with Gasteiger partial charge in [-0.15, -0.1) is 0 Å². The van der Waals surface area contributed by atoms with Crippen LogP contribution in [0.2, 0.25) is 0 Å². The molecule has 2 heterocycles. The normalized spacial score (nSPS) is 21.6. The van der Waals surface area contributed by atoms with Crippen molar-refractivity contribution in [1.82, 2.24) is 9.80 Å². The van der Waals surface area contributed by atoms with Gasteiger partial charge in [0.05, 0.1) is 17.7 Å². The second kappa shape index (κ2) is 8.27. The highest BCUT2D eigenvalue weighted by Crippen LogP contribution is 2.18. The molecule has 1 aromatic rings. The second-order valence-electron chi connectivity index (χ2n) is 6.64. The fraction of sp³-hybridized carbons (Fsp3) is 0.579. The molecule has 0 saturated carbocycles. The van der Waals surface area contributed by atoms with Gasteiger partial charge < -0.3 is 9.64 Å². The van der Waals surface area contributed by atoms with Crippen molar-refractivity contribution in [2.75, 3.05) is 32.8 Å². The molecule has 3 rings (SSSR count). The second-order valence-corrected chi connectivity index (χ2v) is 6.64. The summed E-state index contributed by atoms with van der Waals surface area (Å²) in [5.41, 5.74) is 1.91. The molecule has 24 heavy (non-hydrogen) atoms. The largest absolute Gasteiger partial charge is 0.378 e. The lowest BCUT2D eigenvalue weighted by molar-refractivity contribution is -0.133. The van der Waals surface area contributed by atoms with Gasteiger partial charge in [0.15, 0.2) is 0 Å². The quantitative estimate of drug-likeness (QED) is 0.831. The Morgan fingerprint density at radius 2 is 1.96 bits per heavy atom. The fourth-order valence-corrected chi connectivity index (χ4v) is 3.41. The maximum atomic E-state index is 12.3. The van der Waals surface area contributed by atoms with Crippen LogP contribution in [0.3, 0.4) is 0 Å². The summed E-state index contributed by atoms with van der Waals surface area (Å²) >= 11 is 0. The molecular formula is C19H25N3O2. The third-order valence-corrected chi connectivity index (χ3v) is 4.92. The number of amides is 1. The fourth-order valence-electron chi connectivity index (χ4n) is 3.41. The van der Waals surface area contributed by atoms with E-state index >= 15 is 0 Å². The van der Waals surface area contributed by atoms with Crippen molar-refractivity contribution >= 4 is 5.91 Å². The van der Waals surface area contributed by atoms with E-state index in [0.717, 1.165) is 58.6 Å². The predicted octanol–water partition coefficient (Wildman–Crippen LogP) is 2.16. The Kier molecular flexibility index (Phi) is 5.84. The number of carbonyl (C=O) groups is 1. The smallest absolute Gasteiger partial charge is 0.222 e. The lowest BCUT2D eigenvalue weighted by Crippen LogP contribution is -2.48. The lowest BCUT2D eigenvalue weighted by atomic mass is 10.1. The van der Waals surface area contributed by atoms with Gasteiger partial charge in [0.25, 0.3) is 0 Å². The van der Waals surface area contributed by atoms with Crippen LogP contribution in [0.5, 0.6) is 0 Å². The first-order valence-electron chi connectivity index (χ1n) is 8.85. The van der Waals surface area contributed by atoms with E-state index in [1.807, 2.05) is 29.2 Å². The molecule has 2 aliphatic heterocycles. The molecule has 0 spiro atoms. The van der Waals surface area contributed by atoms with Crippen LogP contribution in [-0.2, 0) is 16.1 Å². The standard InChI is InChI=1S/C19H25N3O2/c20-14-16-3-5-17(6-4-16)15-21-9-11-22(12-10-21)19(23)8-7-18-2-1-13-24-18/h3-6,18H,1-2,7-13,15H2. The predicted molar refractivity (Wildman–Crippen MR) is 91.2 cm³/mol. The van der Waals surface area contributed by atoms with Crippen molar-refractivity contribution in [2.24, 2.45) is 0 Å². The van der Waals surface area contributed by atoms with Crippen LogP contribution in [0.4, 0.5) is 0 Å².